The molecule has 60 valence electrons. The van der Waals surface area contributed by atoms with Gasteiger partial charge in [-0.25, -0.2) is 0 Å². The molecule has 0 aromatic rings. The second-order valence-corrected chi connectivity index (χ2v) is 2.80. The topological polar surface area (TPSA) is 29.4 Å². The van der Waals surface area contributed by atoms with Gasteiger partial charge < -0.3 is 0 Å². The summed E-state index contributed by atoms with van der Waals surface area (Å²) in [5, 5.41) is 2.88. The molecule has 0 radical (unpaired) electrons. The zero-order valence-electron chi connectivity index (χ0n) is 6.79. The second-order valence-electron chi connectivity index (χ2n) is 2.80. The molecule has 0 saturated heterocycles. The number of rotatable bonds is 3. The SMILES string of the molecule is CCC1=CCC(CN=O)C=C1. The molecule has 1 aliphatic rings. The summed E-state index contributed by atoms with van der Waals surface area (Å²) < 4.78 is 0. The standard InChI is InChI=1S/C9H13NO/c1-2-8-3-5-9(6-4-8)7-10-11/h3-5,9H,2,6-7H2,1H3. The van der Waals surface area contributed by atoms with Crippen LogP contribution in [0.5, 0.6) is 0 Å². The molecular weight excluding hydrogens is 138 g/mol. The van der Waals surface area contributed by atoms with Gasteiger partial charge in [0.05, 0.1) is 6.54 Å². The molecule has 1 rings (SSSR count). The van der Waals surface area contributed by atoms with Crippen molar-refractivity contribution in [2.75, 3.05) is 6.54 Å². The molecule has 1 atom stereocenters. The van der Waals surface area contributed by atoms with E-state index in [9.17, 15) is 4.91 Å². The maximum absolute atomic E-state index is 9.92. The van der Waals surface area contributed by atoms with E-state index in [0.29, 0.717) is 12.5 Å². The van der Waals surface area contributed by atoms with E-state index in [-0.39, 0.29) is 0 Å². The normalized spacial score (nSPS) is 23.0. The molecular formula is C9H13NO. The molecule has 11 heavy (non-hydrogen) atoms. The summed E-state index contributed by atoms with van der Waals surface area (Å²) in [6.45, 7) is 2.55. The molecule has 1 aliphatic carbocycles. The van der Waals surface area contributed by atoms with Gasteiger partial charge in [-0.05, 0) is 12.8 Å². The lowest BCUT2D eigenvalue weighted by Crippen LogP contribution is -2.02. The Kier molecular flexibility index (Phi) is 3.02. The first-order chi connectivity index (χ1) is 5.36. The minimum absolute atomic E-state index is 0.350. The largest absolute Gasteiger partial charge is 0.151 e. The fourth-order valence-corrected chi connectivity index (χ4v) is 1.20. The first-order valence-electron chi connectivity index (χ1n) is 4.03. The lowest BCUT2D eigenvalue weighted by Gasteiger charge is -2.11. The summed E-state index contributed by atoms with van der Waals surface area (Å²) in [5.74, 6) is 0.350. The van der Waals surface area contributed by atoms with Crippen molar-refractivity contribution in [1.29, 1.82) is 0 Å². The van der Waals surface area contributed by atoms with Crippen LogP contribution >= 0.6 is 0 Å². The van der Waals surface area contributed by atoms with E-state index in [1.54, 1.807) is 0 Å². The lowest BCUT2D eigenvalue weighted by atomic mass is 9.96. The lowest BCUT2D eigenvalue weighted by molar-refractivity contribution is 0.661. The molecule has 0 bridgehead atoms. The highest BCUT2D eigenvalue weighted by Gasteiger charge is 2.06. The minimum Gasteiger partial charge on any atom is -0.151 e. The Morgan fingerprint density at radius 2 is 2.55 bits per heavy atom. The highest BCUT2D eigenvalue weighted by atomic mass is 16.3. The number of hydrogen-bond acceptors (Lipinski definition) is 2. The Hall–Kier alpha value is -0.920. The summed E-state index contributed by atoms with van der Waals surface area (Å²) in [6.07, 6.45) is 8.43. The molecule has 1 unspecified atom stereocenters. The van der Waals surface area contributed by atoms with Crippen molar-refractivity contribution < 1.29 is 0 Å². The van der Waals surface area contributed by atoms with Crippen molar-refractivity contribution in [3.8, 4) is 0 Å². The highest BCUT2D eigenvalue weighted by Crippen LogP contribution is 2.18. The average Bonchev–Trinajstić information content (AvgIpc) is 2.07. The summed E-state index contributed by atoms with van der Waals surface area (Å²) in [7, 11) is 0. The van der Waals surface area contributed by atoms with Gasteiger partial charge in [0.1, 0.15) is 0 Å². The number of allylic oxidation sites excluding steroid dienone is 3. The smallest absolute Gasteiger partial charge is 0.0876 e. The average molecular weight is 151 g/mol. The van der Waals surface area contributed by atoms with Gasteiger partial charge in [-0.15, -0.1) is 0 Å². The molecule has 2 heteroatoms. The van der Waals surface area contributed by atoms with Gasteiger partial charge in [0, 0.05) is 5.92 Å². The number of nitroso groups, excluding NO2 is 1. The molecule has 0 aromatic heterocycles. The van der Waals surface area contributed by atoms with E-state index in [1.165, 1.54) is 5.57 Å². The van der Waals surface area contributed by atoms with Crippen LogP contribution in [0.25, 0.3) is 0 Å². The van der Waals surface area contributed by atoms with Crippen LogP contribution in [0.2, 0.25) is 0 Å². The summed E-state index contributed by atoms with van der Waals surface area (Å²) in [6, 6.07) is 0. The Bertz CT molecular complexity index is 194. The van der Waals surface area contributed by atoms with Crippen molar-refractivity contribution in [1.82, 2.24) is 0 Å². The minimum atomic E-state index is 0.350. The van der Waals surface area contributed by atoms with Crippen LogP contribution in [0.15, 0.2) is 29.0 Å². The summed E-state index contributed by atoms with van der Waals surface area (Å²) >= 11 is 0. The Balaban J connectivity index is 2.43. The van der Waals surface area contributed by atoms with Gasteiger partial charge in [0.25, 0.3) is 0 Å². The van der Waals surface area contributed by atoms with Crippen LogP contribution in [0.3, 0.4) is 0 Å². The van der Waals surface area contributed by atoms with Crippen molar-refractivity contribution >= 4 is 0 Å². The molecule has 0 aromatic carbocycles. The van der Waals surface area contributed by atoms with Gasteiger partial charge in [-0.2, -0.15) is 4.91 Å². The van der Waals surface area contributed by atoms with Crippen molar-refractivity contribution in [2.45, 2.75) is 19.8 Å². The molecule has 0 saturated carbocycles. The predicted molar refractivity (Wildman–Crippen MR) is 46.3 cm³/mol. The predicted octanol–water partition coefficient (Wildman–Crippen LogP) is 2.67. The maximum Gasteiger partial charge on any atom is 0.0876 e. The first-order valence-corrected chi connectivity index (χ1v) is 4.03. The summed E-state index contributed by atoms with van der Waals surface area (Å²) in [5.41, 5.74) is 1.37. The third kappa shape index (κ3) is 2.30. The highest BCUT2D eigenvalue weighted by molar-refractivity contribution is 5.23. The maximum atomic E-state index is 9.92. The van der Waals surface area contributed by atoms with E-state index in [4.69, 9.17) is 0 Å². The molecule has 0 spiro atoms. The number of hydrogen-bond donors (Lipinski definition) is 0. The quantitative estimate of drug-likeness (QED) is 0.570. The molecule has 0 amide bonds. The van der Waals surface area contributed by atoms with Crippen LogP contribution in [0, 0.1) is 10.8 Å². The van der Waals surface area contributed by atoms with Crippen LogP contribution in [0.4, 0.5) is 0 Å². The third-order valence-corrected chi connectivity index (χ3v) is 1.98. The van der Waals surface area contributed by atoms with Gasteiger partial charge in [0.2, 0.25) is 0 Å². The monoisotopic (exact) mass is 151 g/mol. The molecule has 0 fully saturated rings. The van der Waals surface area contributed by atoms with Crippen molar-refractivity contribution in [3.63, 3.8) is 0 Å². The van der Waals surface area contributed by atoms with Gasteiger partial charge in [-0.1, -0.05) is 35.9 Å². The molecule has 0 aliphatic heterocycles. The van der Waals surface area contributed by atoms with Crippen LogP contribution in [-0.2, 0) is 0 Å². The van der Waals surface area contributed by atoms with Crippen LogP contribution in [0.1, 0.15) is 19.8 Å². The van der Waals surface area contributed by atoms with Crippen LogP contribution < -0.4 is 0 Å². The molecule has 2 nitrogen and oxygen atoms in total. The second kappa shape index (κ2) is 4.06. The van der Waals surface area contributed by atoms with E-state index in [1.807, 2.05) is 0 Å². The van der Waals surface area contributed by atoms with E-state index >= 15 is 0 Å². The third-order valence-electron chi connectivity index (χ3n) is 1.98. The Labute approximate surface area is 67.0 Å². The van der Waals surface area contributed by atoms with E-state index in [2.05, 4.69) is 30.3 Å². The zero-order chi connectivity index (χ0) is 8.10. The number of nitrogens with zero attached hydrogens (tertiary/aromatic N) is 1. The molecule has 0 heterocycles. The van der Waals surface area contributed by atoms with Gasteiger partial charge in [0.15, 0.2) is 0 Å². The Morgan fingerprint density at radius 1 is 1.73 bits per heavy atom. The van der Waals surface area contributed by atoms with Crippen molar-refractivity contribution in [3.05, 3.63) is 28.7 Å². The fourth-order valence-electron chi connectivity index (χ4n) is 1.20. The van der Waals surface area contributed by atoms with Gasteiger partial charge >= 0.3 is 0 Å². The van der Waals surface area contributed by atoms with Crippen molar-refractivity contribution in [2.24, 2.45) is 11.1 Å². The fraction of sp³-hybridized carbons (Fsp3) is 0.556. The molecule has 0 N–H and O–H groups in total. The van der Waals surface area contributed by atoms with Gasteiger partial charge in [-0.3, -0.25) is 0 Å². The van der Waals surface area contributed by atoms with Crippen LogP contribution in [-0.4, -0.2) is 6.54 Å². The van der Waals surface area contributed by atoms with E-state index < -0.39 is 0 Å². The Morgan fingerprint density at radius 3 is 3.00 bits per heavy atom. The summed E-state index contributed by atoms with van der Waals surface area (Å²) in [4.78, 5) is 9.92. The first kappa shape index (κ1) is 8.18. The van der Waals surface area contributed by atoms with E-state index in [0.717, 1.165) is 12.8 Å². The zero-order valence-corrected chi connectivity index (χ0v) is 6.79.